The summed E-state index contributed by atoms with van der Waals surface area (Å²) in [4.78, 5) is 11.6. The Morgan fingerprint density at radius 2 is 2.00 bits per heavy atom. The van der Waals surface area contributed by atoms with Crippen molar-refractivity contribution in [3.05, 3.63) is 0 Å². The average Bonchev–Trinajstić information content (AvgIpc) is 3.18. The minimum Gasteiger partial charge on any atom is -0.381 e. The van der Waals surface area contributed by atoms with Crippen LogP contribution in [0.3, 0.4) is 0 Å². The van der Waals surface area contributed by atoms with E-state index < -0.39 is 0 Å². The van der Waals surface area contributed by atoms with Crippen LogP contribution < -0.4 is 10.6 Å². The van der Waals surface area contributed by atoms with Gasteiger partial charge in [0.1, 0.15) is 0 Å². The zero-order chi connectivity index (χ0) is 12.1. The molecule has 1 aliphatic heterocycles. The maximum absolute atomic E-state index is 11.6. The number of hydrogen-bond acceptors (Lipinski definition) is 3. The molecule has 4 nitrogen and oxygen atoms in total. The van der Waals surface area contributed by atoms with Crippen molar-refractivity contribution in [1.29, 1.82) is 0 Å². The second-order valence-electron chi connectivity index (χ2n) is 5.37. The molecule has 1 aliphatic carbocycles. The topological polar surface area (TPSA) is 50.4 Å². The Bertz CT molecular complexity index is 248. The number of carbonyl (C=O) groups is 1. The second-order valence-corrected chi connectivity index (χ2v) is 5.37. The molecule has 2 rings (SSSR count). The van der Waals surface area contributed by atoms with Crippen LogP contribution in [0.2, 0.25) is 0 Å². The number of nitrogens with one attached hydrogen (secondary N) is 2. The first kappa shape index (κ1) is 12.8. The second kappa shape index (κ2) is 6.36. The summed E-state index contributed by atoms with van der Waals surface area (Å²) in [7, 11) is 0. The molecule has 1 amide bonds. The Labute approximate surface area is 103 Å². The van der Waals surface area contributed by atoms with Crippen molar-refractivity contribution >= 4 is 5.91 Å². The summed E-state index contributed by atoms with van der Waals surface area (Å²) in [6.07, 6.45) is 4.79. The van der Waals surface area contributed by atoms with Crippen molar-refractivity contribution in [2.75, 3.05) is 26.3 Å². The SMILES string of the molecule is CC(NCC(=O)NCC1CC1)C1CCOCC1. The average molecular weight is 240 g/mol. The third-order valence-electron chi connectivity index (χ3n) is 3.84. The van der Waals surface area contributed by atoms with E-state index in [0.717, 1.165) is 38.5 Å². The van der Waals surface area contributed by atoms with Gasteiger partial charge in [-0.3, -0.25) is 4.79 Å². The van der Waals surface area contributed by atoms with Crippen LogP contribution in [0.5, 0.6) is 0 Å². The van der Waals surface area contributed by atoms with E-state index in [9.17, 15) is 4.79 Å². The van der Waals surface area contributed by atoms with Crippen molar-refractivity contribution in [2.45, 2.75) is 38.6 Å². The third kappa shape index (κ3) is 4.64. The number of amides is 1. The summed E-state index contributed by atoms with van der Waals surface area (Å²) in [5, 5.41) is 6.31. The first-order chi connectivity index (χ1) is 8.25. The fourth-order valence-electron chi connectivity index (χ4n) is 2.28. The molecule has 4 heteroatoms. The highest BCUT2D eigenvalue weighted by Gasteiger charge is 2.23. The van der Waals surface area contributed by atoms with E-state index >= 15 is 0 Å². The number of hydrogen-bond donors (Lipinski definition) is 2. The quantitative estimate of drug-likeness (QED) is 0.726. The Morgan fingerprint density at radius 3 is 2.65 bits per heavy atom. The van der Waals surface area contributed by atoms with Crippen LogP contribution in [0.1, 0.15) is 32.6 Å². The Balaban J connectivity index is 1.57. The molecule has 0 radical (unpaired) electrons. The van der Waals surface area contributed by atoms with Crippen LogP contribution in [0, 0.1) is 11.8 Å². The summed E-state index contributed by atoms with van der Waals surface area (Å²) < 4.78 is 5.34. The van der Waals surface area contributed by atoms with Gasteiger partial charge < -0.3 is 15.4 Å². The maximum Gasteiger partial charge on any atom is 0.233 e. The van der Waals surface area contributed by atoms with Gasteiger partial charge in [-0.2, -0.15) is 0 Å². The lowest BCUT2D eigenvalue weighted by Gasteiger charge is -2.28. The molecule has 1 saturated carbocycles. The fourth-order valence-corrected chi connectivity index (χ4v) is 2.28. The molecule has 0 spiro atoms. The fraction of sp³-hybridized carbons (Fsp3) is 0.923. The summed E-state index contributed by atoms with van der Waals surface area (Å²) in [5.41, 5.74) is 0. The van der Waals surface area contributed by atoms with Crippen molar-refractivity contribution in [2.24, 2.45) is 11.8 Å². The van der Waals surface area contributed by atoms with Gasteiger partial charge in [0.15, 0.2) is 0 Å². The molecular weight excluding hydrogens is 216 g/mol. The molecule has 0 aromatic carbocycles. The first-order valence-corrected chi connectivity index (χ1v) is 6.83. The van der Waals surface area contributed by atoms with Crippen molar-refractivity contribution in [3.63, 3.8) is 0 Å². The van der Waals surface area contributed by atoms with Gasteiger partial charge in [-0.1, -0.05) is 0 Å². The maximum atomic E-state index is 11.6. The largest absolute Gasteiger partial charge is 0.381 e. The third-order valence-corrected chi connectivity index (χ3v) is 3.84. The van der Waals surface area contributed by atoms with E-state index in [1.807, 2.05) is 0 Å². The summed E-state index contributed by atoms with van der Waals surface area (Å²) in [6, 6.07) is 0.408. The summed E-state index contributed by atoms with van der Waals surface area (Å²) in [5.74, 6) is 1.54. The molecule has 1 atom stereocenters. The minimum absolute atomic E-state index is 0.135. The molecule has 17 heavy (non-hydrogen) atoms. The normalized spacial score (nSPS) is 23.4. The van der Waals surface area contributed by atoms with E-state index in [1.54, 1.807) is 0 Å². The number of ether oxygens (including phenoxy) is 1. The molecule has 1 heterocycles. The van der Waals surface area contributed by atoms with Gasteiger partial charge in [-0.05, 0) is 44.4 Å². The molecule has 1 saturated heterocycles. The van der Waals surface area contributed by atoms with E-state index in [1.165, 1.54) is 12.8 Å². The van der Waals surface area contributed by atoms with E-state index in [-0.39, 0.29) is 5.91 Å². The van der Waals surface area contributed by atoms with E-state index in [2.05, 4.69) is 17.6 Å². The lowest BCUT2D eigenvalue weighted by Crippen LogP contribution is -2.42. The number of rotatable bonds is 6. The highest BCUT2D eigenvalue weighted by atomic mass is 16.5. The van der Waals surface area contributed by atoms with Crippen molar-refractivity contribution < 1.29 is 9.53 Å². The highest BCUT2D eigenvalue weighted by molar-refractivity contribution is 5.78. The van der Waals surface area contributed by atoms with Crippen LogP contribution >= 0.6 is 0 Å². The summed E-state index contributed by atoms with van der Waals surface area (Å²) >= 11 is 0. The van der Waals surface area contributed by atoms with Gasteiger partial charge in [0, 0.05) is 25.8 Å². The van der Waals surface area contributed by atoms with E-state index in [4.69, 9.17) is 4.74 Å². The van der Waals surface area contributed by atoms with Crippen LogP contribution in [-0.4, -0.2) is 38.3 Å². The molecule has 1 unspecified atom stereocenters. The predicted octanol–water partition coefficient (Wildman–Crippen LogP) is 0.917. The van der Waals surface area contributed by atoms with Crippen LogP contribution in [-0.2, 0) is 9.53 Å². The predicted molar refractivity (Wildman–Crippen MR) is 66.7 cm³/mol. The minimum atomic E-state index is 0.135. The Hall–Kier alpha value is -0.610. The number of carbonyl (C=O) groups excluding carboxylic acids is 1. The zero-order valence-electron chi connectivity index (χ0n) is 10.7. The van der Waals surface area contributed by atoms with E-state index in [0.29, 0.717) is 18.5 Å². The van der Waals surface area contributed by atoms with Gasteiger partial charge >= 0.3 is 0 Å². The molecule has 2 fully saturated rings. The first-order valence-electron chi connectivity index (χ1n) is 6.83. The van der Waals surface area contributed by atoms with Crippen molar-refractivity contribution in [3.8, 4) is 0 Å². The van der Waals surface area contributed by atoms with Gasteiger partial charge in [0.25, 0.3) is 0 Å². The molecule has 2 aliphatic rings. The molecule has 0 bridgehead atoms. The smallest absolute Gasteiger partial charge is 0.233 e. The lowest BCUT2D eigenvalue weighted by atomic mass is 9.93. The standard InChI is InChI=1S/C13H24N2O2/c1-10(12-4-6-17-7-5-12)14-9-13(16)15-8-11-2-3-11/h10-12,14H,2-9H2,1H3,(H,15,16). The van der Waals surface area contributed by atoms with Gasteiger partial charge in [-0.25, -0.2) is 0 Å². The monoisotopic (exact) mass is 240 g/mol. The van der Waals surface area contributed by atoms with Crippen LogP contribution in [0.15, 0.2) is 0 Å². The Kier molecular flexibility index (Phi) is 4.80. The van der Waals surface area contributed by atoms with Crippen LogP contribution in [0.4, 0.5) is 0 Å². The summed E-state index contributed by atoms with van der Waals surface area (Å²) in [6.45, 7) is 5.22. The molecule has 2 N–H and O–H groups in total. The Morgan fingerprint density at radius 1 is 1.29 bits per heavy atom. The molecule has 98 valence electrons. The van der Waals surface area contributed by atoms with Gasteiger partial charge in [0.2, 0.25) is 5.91 Å². The molecule has 0 aromatic rings. The zero-order valence-corrected chi connectivity index (χ0v) is 10.7. The van der Waals surface area contributed by atoms with Crippen LogP contribution in [0.25, 0.3) is 0 Å². The lowest BCUT2D eigenvalue weighted by molar-refractivity contribution is -0.120. The van der Waals surface area contributed by atoms with Gasteiger partial charge in [-0.15, -0.1) is 0 Å². The highest BCUT2D eigenvalue weighted by Crippen LogP contribution is 2.27. The van der Waals surface area contributed by atoms with Gasteiger partial charge in [0.05, 0.1) is 6.54 Å². The van der Waals surface area contributed by atoms with Crippen molar-refractivity contribution in [1.82, 2.24) is 10.6 Å². The molecular formula is C13H24N2O2. The molecule has 0 aromatic heterocycles.